The molecule has 0 saturated heterocycles. The van der Waals surface area contributed by atoms with E-state index in [1.807, 2.05) is 31.2 Å². The lowest BCUT2D eigenvalue weighted by atomic mass is 10.1. The van der Waals surface area contributed by atoms with E-state index in [-0.39, 0.29) is 6.54 Å². The predicted octanol–water partition coefficient (Wildman–Crippen LogP) is 5.19. The number of alkyl halides is 6. The summed E-state index contributed by atoms with van der Waals surface area (Å²) in [5, 5.41) is 5.95. The van der Waals surface area contributed by atoms with Gasteiger partial charge < -0.3 is 5.32 Å². The van der Waals surface area contributed by atoms with Gasteiger partial charge in [-0.05, 0) is 37.1 Å². The fourth-order valence-electron chi connectivity index (χ4n) is 3.08. The number of hydrogen-bond acceptors (Lipinski definition) is 2. The van der Waals surface area contributed by atoms with Crippen molar-refractivity contribution in [3.63, 3.8) is 0 Å². The SMILES string of the molecule is Cc1cccc(CCNC(=O)c2cnn(-c3cccc(C(F)(F)F)c3)c2C(F)(F)F)c1. The summed E-state index contributed by atoms with van der Waals surface area (Å²) in [6.07, 6.45) is -8.66. The van der Waals surface area contributed by atoms with E-state index in [0.717, 1.165) is 29.3 Å². The van der Waals surface area contributed by atoms with Gasteiger partial charge in [0.15, 0.2) is 5.69 Å². The molecule has 0 aliphatic rings. The van der Waals surface area contributed by atoms with Gasteiger partial charge in [-0.15, -0.1) is 0 Å². The summed E-state index contributed by atoms with van der Waals surface area (Å²) in [7, 11) is 0. The third-order valence-electron chi connectivity index (χ3n) is 4.48. The van der Waals surface area contributed by atoms with Crippen LogP contribution in [0, 0.1) is 6.92 Å². The molecule has 1 aromatic heterocycles. The number of carbonyl (C=O) groups is 1. The number of carbonyl (C=O) groups excluding carboxylic acids is 1. The summed E-state index contributed by atoms with van der Waals surface area (Å²) >= 11 is 0. The Hall–Kier alpha value is -3.30. The molecule has 164 valence electrons. The van der Waals surface area contributed by atoms with Crippen LogP contribution in [0.5, 0.6) is 0 Å². The number of hydrogen-bond donors (Lipinski definition) is 1. The van der Waals surface area contributed by atoms with E-state index in [0.29, 0.717) is 23.4 Å². The molecule has 0 saturated carbocycles. The van der Waals surface area contributed by atoms with Crippen LogP contribution in [0.3, 0.4) is 0 Å². The molecular weight excluding hydrogens is 424 g/mol. The Balaban J connectivity index is 1.87. The number of amides is 1. The second-order valence-corrected chi connectivity index (χ2v) is 6.86. The first-order valence-electron chi connectivity index (χ1n) is 9.13. The Morgan fingerprint density at radius 2 is 1.71 bits per heavy atom. The first kappa shape index (κ1) is 22.4. The highest BCUT2D eigenvalue weighted by Gasteiger charge is 2.41. The van der Waals surface area contributed by atoms with E-state index in [2.05, 4.69) is 10.4 Å². The number of benzene rings is 2. The highest BCUT2D eigenvalue weighted by molar-refractivity contribution is 5.95. The van der Waals surface area contributed by atoms with Crippen molar-refractivity contribution in [1.82, 2.24) is 15.1 Å². The van der Waals surface area contributed by atoms with Gasteiger partial charge in [0.2, 0.25) is 0 Å². The standard InChI is InChI=1S/C21H17F6N3O/c1-13-4-2-5-14(10-13)8-9-28-19(31)17-12-29-30(18(17)21(25,26)27)16-7-3-6-15(11-16)20(22,23)24/h2-7,10-12H,8-9H2,1H3,(H,28,31). The molecule has 0 fully saturated rings. The van der Waals surface area contributed by atoms with Gasteiger partial charge in [-0.3, -0.25) is 4.79 Å². The van der Waals surface area contributed by atoms with Crippen molar-refractivity contribution in [2.75, 3.05) is 6.54 Å². The lowest BCUT2D eigenvalue weighted by Crippen LogP contribution is -2.28. The van der Waals surface area contributed by atoms with Crippen LogP contribution in [0.25, 0.3) is 5.69 Å². The summed E-state index contributed by atoms with van der Waals surface area (Å²) < 4.78 is 80.2. The molecule has 3 aromatic rings. The topological polar surface area (TPSA) is 46.9 Å². The molecule has 10 heteroatoms. The molecule has 4 nitrogen and oxygen atoms in total. The molecule has 0 aliphatic heterocycles. The predicted molar refractivity (Wildman–Crippen MR) is 101 cm³/mol. The van der Waals surface area contributed by atoms with Crippen molar-refractivity contribution in [2.24, 2.45) is 0 Å². The van der Waals surface area contributed by atoms with Crippen molar-refractivity contribution < 1.29 is 31.1 Å². The number of nitrogens with one attached hydrogen (secondary N) is 1. The van der Waals surface area contributed by atoms with Gasteiger partial charge >= 0.3 is 12.4 Å². The number of nitrogens with zero attached hydrogens (tertiary/aromatic N) is 2. The Morgan fingerprint density at radius 3 is 2.35 bits per heavy atom. The van der Waals surface area contributed by atoms with E-state index >= 15 is 0 Å². The fraction of sp³-hybridized carbons (Fsp3) is 0.238. The van der Waals surface area contributed by atoms with Crippen molar-refractivity contribution >= 4 is 5.91 Å². The molecule has 0 radical (unpaired) electrons. The molecule has 1 N–H and O–H groups in total. The zero-order valence-corrected chi connectivity index (χ0v) is 16.2. The molecule has 3 rings (SSSR count). The second kappa shape index (κ2) is 8.44. The van der Waals surface area contributed by atoms with Gasteiger partial charge in [-0.25, -0.2) is 4.68 Å². The Labute approximate surface area is 173 Å². The highest BCUT2D eigenvalue weighted by atomic mass is 19.4. The minimum Gasteiger partial charge on any atom is -0.352 e. The van der Waals surface area contributed by atoms with Gasteiger partial charge in [-0.1, -0.05) is 35.9 Å². The Bertz CT molecular complexity index is 1090. The van der Waals surface area contributed by atoms with Crippen molar-refractivity contribution in [3.05, 3.63) is 82.7 Å². The molecule has 0 unspecified atom stereocenters. The summed E-state index contributed by atoms with van der Waals surface area (Å²) in [5.41, 5.74) is -1.89. The van der Waals surface area contributed by atoms with Crippen molar-refractivity contribution in [1.29, 1.82) is 0 Å². The summed E-state index contributed by atoms with van der Waals surface area (Å²) in [6.45, 7) is 1.97. The third kappa shape index (κ3) is 5.25. The first-order valence-corrected chi connectivity index (χ1v) is 9.13. The third-order valence-corrected chi connectivity index (χ3v) is 4.48. The lowest BCUT2D eigenvalue weighted by Gasteiger charge is -2.14. The van der Waals surface area contributed by atoms with Gasteiger partial charge in [0.05, 0.1) is 23.0 Å². The summed E-state index contributed by atoms with van der Waals surface area (Å²) in [4.78, 5) is 12.4. The first-order chi connectivity index (χ1) is 14.5. The average molecular weight is 441 g/mol. The molecule has 0 aliphatic carbocycles. The second-order valence-electron chi connectivity index (χ2n) is 6.86. The Morgan fingerprint density at radius 1 is 1.00 bits per heavy atom. The zero-order valence-electron chi connectivity index (χ0n) is 16.2. The number of rotatable bonds is 5. The van der Waals surface area contributed by atoms with Crippen LogP contribution < -0.4 is 5.32 Å². The normalized spacial score (nSPS) is 12.1. The lowest BCUT2D eigenvalue weighted by molar-refractivity contribution is -0.143. The molecule has 2 aromatic carbocycles. The smallest absolute Gasteiger partial charge is 0.352 e. The average Bonchev–Trinajstić information content (AvgIpc) is 3.13. The van der Waals surface area contributed by atoms with Gasteiger partial charge in [-0.2, -0.15) is 31.4 Å². The van der Waals surface area contributed by atoms with Gasteiger partial charge in [0, 0.05) is 6.54 Å². The van der Waals surface area contributed by atoms with Crippen LogP contribution in [0.1, 0.15) is 32.7 Å². The van der Waals surface area contributed by atoms with Crippen LogP contribution in [0.4, 0.5) is 26.3 Å². The largest absolute Gasteiger partial charge is 0.434 e. The van der Waals surface area contributed by atoms with Gasteiger partial charge in [0.25, 0.3) is 5.91 Å². The monoisotopic (exact) mass is 441 g/mol. The molecule has 1 amide bonds. The molecule has 0 spiro atoms. The minimum absolute atomic E-state index is 0.0777. The van der Waals surface area contributed by atoms with Crippen molar-refractivity contribution in [3.8, 4) is 5.69 Å². The number of aromatic nitrogens is 2. The van der Waals surface area contributed by atoms with E-state index in [4.69, 9.17) is 0 Å². The maximum Gasteiger partial charge on any atom is 0.434 e. The summed E-state index contributed by atoms with van der Waals surface area (Å²) in [6, 6.07) is 10.7. The van der Waals surface area contributed by atoms with Crippen LogP contribution in [-0.4, -0.2) is 22.2 Å². The number of aryl methyl sites for hydroxylation is 1. The van der Waals surface area contributed by atoms with Crippen molar-refractivity contribution in [2.45, 2.75) is 25.7 Å². The number of halogens is 6. The zero-order chi connectivity index (χ0) is 22.8. The molecule has 0 bridgehead atoms. The maximum atomic E-state index is 13.7. The van der Waals surface area contributed by atoms with E-state index in [9.17, 15) is 31.1 Å². The quantitative estimate of drug-likeness (QED) is 0.554. The molecule has 0 atom stereocenters. The molecule has 31 heavy (non-hydrogen) atoms. The van der Waals surface area contributed by atoms with Crippen LogP contribution in [-0.2, 0) is 18.8 Å². The minimum atomic E-state index is -5.02. The van der Waals surface area contributed by atoms with Crippen LogP contribution in [0.15, 0.2) is 54.7 Å². The summed E-state index contributed by atoms with van der Waals surface area (Å²) in [5.74, 6) is -1.02. The fourth-order valence-corrected chi connectivity index (χ4v) is 3.08. The maximum absolute atomic E-state index is 13.7. The molecule has 1 heterocycles. The van der Waals surface area contributed by atoms with E-state index < -0.39 is 40.8 Å². The van der Waals surface area contributed by atoms with E-state index in [1.54, 1.807) is 0 Å². The van der Waals surface area contributed by atoms with Crippen LogP contribution >= 0.6 is 0 Å². The van der Waals surface area contributed by atoms with Gasteiger partial charge in [0.1, 0.15) is 0 Å². The highest BCUT2D eigenvalue weighted by Crippen LogP contribution is 2.35. The van der Waals surface area contributed by atoms with E-state index in [1.165, 1.54) is 0 Å². The Kier molecular flexibility index (Phi) is 6.10. The molecular formula is C21H17F6N3O. The van der Waals surface area contributed by atoms with Crippen LogP contribution in [0.2, 0.25) is 0 Å².